The summed E-state index contributed by atoms with van der Waals surface area (Å²) in [4.78, 5) is 0. The Morgan fingerprint density at radius 1 is 0.917 bits per heavy atom. The predicted octanol–water partition coefficient (Wildman–Crippen LogP) is 2.94. The van der Waals surface area contributed by atoms with E-state index in [1.807, 2.05) is 0 Å². The molecular formula is C6H3F5S. The fraction of sp³-hybridized carbons (Fsp3) is 0.333. The standard InChI is InChI=1S/C6H3F5S/c7-1-2(8)4(10)6(12)5(11)3(1)9/h4,6,12H. The SMILES string of the molecule is FC1=C(F)C(F)C(S)C(F)=C1F. The fourth-order valence-corrected chi connectivity index (χ4v) is 0.972. The van der Waals surface area contributed by atoms with Crippen LogP contribution < -0.4 is 0 Å². The summed E-state index contributed by atoms with van der Waals surface area (Å²) in [5, 5.41) is -1.90. The summed E-state index contributed by atoms with van der Waals surface area (Å²) >= 11 is 3.22. The van der Waals surface area contributed by atoms with Crippen LogP contribution in [0.15, 0.2) is 23.3 Å². The van der Waals surface area contributed by atoms with E-state index in [4.69, 9.17) is 0 Å². The van der Waals surface area contributed by atoms with Crippen molar-refractivity contribution in [2.45, 2.75) is 11.4 Å². The second-order valence-corrected chi connectivity index (χ2v) is 2.73. The second kappa shape index (κ2) is 3.08. The number of thiol groups is 1. The first kappa shape index (κ1) is 9.57. The molecule has 0 aromatic heterocycles. The zero-order chi connectivity index (χ0) is 9.46. The largest absolute Gasteiger partial charge is 0.238 e. The molecule has 12 heavy (non-hydrogen) atoms. The highest BCUT2D eigenvalue weighted by molar-refractivity contribution is 7.81. The molecule has 0 aromatic carbocycles. The van der Waals surface area contributed by atoms with Gasteiger partial charge < -0.3 is 0 Å². The van der Waals surface area contributed by atoms with Gasteiger partial charge in [-0.1, -0.05) is 0 Å². The maximum absolute atomic E-state index is 12.5. The second-order valence-electron chi connectivity index (χ2n) is 2.17. The minimum Gasteiger partial charge on any atom is -0.238 e. The highest BCUT2D eigenvalue weighted by Crippen LogP contribution is 2.37. The number of halogens is 5. The lowest BCUT2D eigenvalue weighted by molar-refractivity contribution is 0.281. The van der Waals surface area contributed by atoms with Gasteiger partial charge in [0.25, 0.3) is 0 Å². The lowest BCUT2D eigenvalue weighted by Crippen LogP contribution is -2.23. The van der Waals surface area contributed by atoms with Crippen molar-refractivity contribution in [3.8, 4) is 0 Å². The Morgan fingerprint density at radius 3 is 1.83 bits per heavy atom. The third-order valence-corrected chi connectivity index (χ3v) is 1.88. The van der Waals surface area contributed by atoms with Crippen molar-refractivity contribution in [1.29, 1.82) is 0 Å². The Kier molecular flexibility index (Phi) is 2.46. The molecule has 0 aromatic rings. The molecule has 0 spiro atoms. The molecular weight excluding hydrogens is 199 g/mol. The molecule has 0 nitrogen and oxygen atoms in total. The van der Waals surface area contributed by atoms with Gasteiger partial charge in [0.15, 0.2) is 29.5 Å². The van der Waals surface area contributed by atoms with Gasteiger partial charge in [-0.3, -0.25) is 0 Å². The van der Waals surface area contributed by atoms with Gasteiger partial charge >= 0.3 is 0 Å². The average molecular weight is 202 g/mol. The number of allylic oxidation sites excluding steroid dienone is 3. The molecule has 0 heterocycles. The normalized spacial score (nSPS) is 31.5. The average Bonchev–Trinajstić information content (AvgIpc) is 2.08. The summed E-state index contributed by atoms with van der Waals surface area (Å²) in [5.41, 5.74) is 0. The Morgan fingerprint density at radius 2 is 1.33 bits per heavy atom. The van der Waals surface area contributed by atoms with Crippen molar-refractivity contribution in [2.24, 2.45) is 0 Å². The molecule has 0 saturated heterocycles. The lowest BCUT2D eigenvalue weighted by Gasteiger charge is -2.17. The van der Waals surface area contributed by atoms with Crippen molar-refractivity contribution >= 4 is 12.6 Å². The Bertz CT molecular complexity index is 241. The molecule has 0 fully saturated rings. The van der Waals surface area contributed by atoms with Crippen molar-refractivity contribution in [3.63, 3.8) is 0 Å². The number of hydrogen-bond donors (Lipinski definition) is 1. The Labute approximate surface area is 70.2 Å². The summed E-state index contributed by atoms with van der Waals surface area (Å²) in [6.07, 6.45) is -2.56. The first-order valence-corrected chi connectivity index (χ1v) is 3.41. The predicted molar refractivity (Wildman–Crippen MR) is 36.2 cm³/mol. The molecule has 0 N–H and O–H groups in total. The summed E-state index contributed by atoms with van der Waals surface area (Å²) in [6, 6.07) is 0. The van der Waals surface area contributed by atoms with Crippen LogP contribution in [0.5, 0.6) is 0 Å². The van der Waals surface area contributed by atoms with Gasteiger partial charge in [0.1, 0.15) is 0 Å². The molecule has 0 radical (unpaired) electrons. The number of alkyl halides is 1. The molecule has 0 saturated carbocycles. The zero-order valence-electron chi connectivity index (χ0n) is 5.49. The van der Waals surface area contributed by atoms with E-state index in [0.29, 0.717) is 0 Å². The molecule has 6 heteroatoms. The van der Waals surface area contributed by atoms with Crippen LogP contribution >= 0.6 is 12.6 Å². The smallest absolute Gasteiger partial charge is 0.196 e. The molecule has 0 amide bonds. The maximum Gasteiger partial charge on any atom is 0.196 e. The van der Waals surface area contributed by atoms with Crippen LogP contribution in [0.3, 0.4) is 0 Å². The lowest BCUT2D eigenvalue weighted by atomic mass is 10.1. The highest BCUT2D eigenvalue weighted by atomic mass is 32.1. The molecule has 2 atom stereocenters. The summed E-state index contributed by atoms with van der Waals surface area (Å²) in [5.74, 6) is -7.80. The molecule has 1 aliphatic carbocycles. The van der Waals surface area contributed by atoms with Gasteiger partial charge in [-0.2, -0.15) is 12.6 Å². The van der Waals surface area contributed by atoms with Crippen LogP contribution in [0.4, 0.5) is 22.0 Å². The minimum absolute atomic E-state index is 1.72. The van der Waals surface area contributed by atoms with Crippen molar-refractivity contribution in [1.82, 2.24) is 0 Å². The zero-order valence-corrected chi connectivity index (χ0v) is 6.39. The first-order valence-electron chi connectivity index (χ1n) is 2.89. The van der Waals surface area contributed by atoms with Crippen LogP contribution in [-0.2, 0) is 0 Å². The topological polar surface area (TPSA) is 0 Å². The van der Waals surface area contributed by atoms with Crippen molar-refractivity contribution in [2.75, 3.05) is 0 Å². The molecule has 68 valence electrons. The van der Waals surface area contributed by atoms with Crippen LogP contribution in [-0.4, -0.2) is 11.4 Å². The monoisotopic (exact) mass is 202 g/mol. The first-order chi connectivity index (χ1) is 5.46. The third kappa shape index (κ3) is 1.24. The quantitative estimate of drug-likeness (QED) is 0.453. The molecule has 1 aliphatic rings. The van der Waals surface area contributed by atoms with E-state index in [2.05, 4.69) is 12.6 Å². The van der Waals surface area contributed by atoms with Gasteiger partial charge in [-0.15, -0.1) is 0 Å². The van der Waals surface area contributed by atoms with Crippen molar-refractivity contribution in [3.05, 3.63) is 23.3 Å². The third-order valence-electron chi connectivity index (χ3n) is 1.39. The van der Waals surface area contributed by atoms with Gasteiger partial charge in [-0.05, 0) is 0 Å². The molecule has 0 aliphatic heterocycles. The van der Waals surface area contributed by atoms with E-state index in [1.165, 1.54) is 0 Å². The van der Waals surface area contributed by atoms with Gasteiger partial charge in [-0.25, -0.2) is 22.0 Å². The van der Waals surface area contributed by atoms with Gasteiger partial charge in [0.2, 0.25) is 0 Å². The van der Waals surface area contributed by atoms with Crippen LogP contribution in [0.1, 0.15) is 0 Å². The Balaban J connectivity index is 3.18. The minimum atomic E-state index is -2.56. The summed E-state index contributed by atoms with van der Waals surface area (Å²) < 4.78 is 61.6. The fourth-order valence-electron chi connectivity index (χ4n) is 0.728. The molecule has 2 unspecified atom stereocenters. The van der Waals surface area contributed by atoms with Crippen LogP contribution in [0.2, 0.25) is 0 Å². The van der Waals surface area contributed by atoms with E-state index in [9.17, 15) is 22.0 Å². The highest BCUT2D eigenvalue weighted by Gasteiger charge is 2.38. The summed E-state index contributed by atoms with van der Waals surface area (Å²) in [7, 11) is 0. The van der Waals surface area contributed by atoms with Crippen LogP contribution in [0.25, 0.3) is 0 Å². The number of hydrogen-bond acceptors (Lipinski definition) is 1. The molecule has 0 bridgehead atoms. The van der Waals surface area contributed by atoms with E-state index in [-0.39, 0.29) is 0 Å². The van der Waals surface area contributed by atoms with Crippen LogP contribution in [0, 0.1) is 0 Å². The van der Waals surface area contributed by atoms with Crippen molar-refractivity contribution < 1.29 is 22.0 Å². The summed E-state index contributed by atoms with van der Waals surface area (Å²) in [6.45, 7) is 0. The Hall–Kier alpha value is -0.520. The van der Waals surface area contributed by atoms with E-state index in [1.54, 1.807) is 0 Å². The van der Waals surface area contributed by atoms with Gasteiger partial charge in [0, 0.05) is 0 Å². The van der Waals surface area contributed by atoms with E-state index >= 15 is 0 Å². The maximum atomic E-state index is 12.5. The molecule has 1 rings (SSSR count). The van der Waals surface area contributed by atoms with E-state index < -0.39 is 34.7 Å². The van der Waals surface area contributed by atoms with E-state index in [0.717, 1.165) is 0 Å². The van der Waals surface area contributed by atoms with Gasteiger partial charge in [0.05, 0.1) is 5.25 Å². The number of rotatable bonds is 0.